The molecule has 0 bridgehead atoms. The Balaban J connectivity index is 1.18. The summed E-state index contributed by atoms with van der Waals surface area (Å²) in [6.45, 7) is 3.06. The molecular weight excluding hydrogens is 488 g/mol. The fraction of sp³-hybridized carbons (Fsp3) is 0.483. The summed E-state index contributed by atoms with van der Waals surface area (Å²) in [4.78, 5) is 15.0. The molecule has 1 fully saturated rings. The third-order valence-electron chi connectivity index (χ3n) is 7.42. The molecule has 1 heterocycles. The van der Waals surface area contributed by atoms with Crippen molar-refractivity contribution in [1.29, 1.82) is 0 Å². The van der Waals surface area contributed by atoms with Crippen molar-refractivity contribution in [1.82, 2.24) is 10.2 Å². The Morgan fingerprint density at radius 3 is 2.51 bits per heavy atom. The number of methoxy groups -OCH3 is 1. The molecule has 1 aliphatic heterocycles. The van der Waals surface area contributed by atoms with E-state index in [1.54, 1.807) is 25.3 Å². The van der Waals surface area contributed by atoms with Gasteiger partial charge in [0.1, 0.15) is 11.5 Å². The van der Waals surface area contributed by atoms with Crippen molar-refractivity contribution in [2.45, 2.75) is 51.0 Å². The Kier molecular flexibility index (Phi) is 9.27. The summed E-state index contributed by atoms with van der Waals surface area (Å²) in [6.07, 6.45) is 11.8. The molecule has 37 heavy (non-hydrogen) atoms. The molecule has 200 valence electrons. The molecule has 8 heteroatoms. The first-order valence-corrected chi connectivity index (χ1v) is 15.0. The van der Waals surface area contributed by atoms with Crippen LogP contribution in [-0.4, -0.2) is 58.3 Å². The topological polar surface area (TPSA) is 84.9 Å². The molecule has 2 aliphatic rings. The summed E-state index contributed by atoms with van der Waals surface area (Å²) in [7, 11) is -1.88. The lowest BCUT2D eigenvalue weighted by Crippen LogP contribution is -2.37. The van der Waals surface area contributed by atoms with Crippen LogP contribution in [0.25, 0.3) is 6.08 Å². The van der Waals surface area contributed by atoms with E-state index in [0.717, 1.165) is 75.7 Å². The Bertz CT molecular complexity index is 1200. The van der Waals surface area contributed by atoms with E-state index in [2.05, 4.69) is 10.2 Å². The lowest BCUT2D eigenvalue weighted by Gasteiger charge is -2.30. The van der Waals surface area contributed by atoms with Gasteiger partial charge in [-0.05, 0) is 92.8 Å². The number of rotatable bonds is 9. The summed E-state index contributed by atoms with van der Waals surface area (Å²) in [5.41, 5.74) is 3.35. The van der Waals surface area contributed by atoms with E-state index in [0.29, 0.717) is 11.7 Å². The first kappa shape index (κ1) is 27.2. The molecule has 2 aromatic carbocycles. The van der Waals surface area contributed by atoms with E-state index in [4.69, 9.17) is 8.92 Å². The van der Waals surface area contributed by atoms with Gasteiger partial charge in [-0.25, -0.2) is 0 Å². The molecule has 0 saturated heterocycles. The molecule has 0 aromatic heterocycles. The molecule has 1 amide bonds. The zero-order chi connectivity index (χ0) is 26.3. The summed E-state index contributed by atoms with van der Waals surface area (Å²) >= 11 is 0. The van der Waals surface area contributed by atoms with Crippen LogP contribution >= 0.6 is 0 Å². The predicted octanol–water partition coefficient (Wildman–Crippen LogP) is 4.21. The molecule has 4 rings (SSSR count). The van der Waals surface area contributed by atoms with Crippen molar-refractivity contribution in [2.75, 3.05) is 33.0 Å². The maximum atomic E-state index is 12.4. The van der Waals surface area contributed by atoms with Crippen LogP contribution in [0, 0.1) is 5.92 Å². The minimum absolute atomic E-state index is 0.0522. The van der Waals surface area contributed by atoms with Crippen LogP contribution in [0.1, 0.15) is 48.8 Å². The second kappa shape index (κ2) is 12.6. The van der Waals surface area contributed by atoms with Gasteiger partial charge in [0.15, 0.2) is 0 Å². The van der Waals surface area contributed by atoms with E-state index >= 15 is 0 Å². The van der Waals surface area contributed by atoms with E-state index in [1.807, 2.05) is 36.4 Å². The van der Waals surface area contributed by atoms with Gasteiger partial charge in [-0.1, -0.05) is 24.3 Å². The fourth-order valence-corrected chi connectivity index (χ4v) is 5.83. The van der Waals surface area contributed by atoms with Crippen LogP contribution in [0.2, 0.25) is 0 Å². The van der Waals surface area contributed by atoms with Crippen LogP contribution in [0.15, 0.2) is 48.5 Å². The fourth-order valence-electron chi connectivity index (χ4n) is 5.38. The first-order chi connectivity index (χ1) is 17.8. The lowest BCUT2D eigenvalue weighted by molar-refractivity contribution is -0.117. The highest BCUT2D eigenvalue weighted by Gasteiger charge is 2.23. The minimum atomic E-state index is -3.51. The number of nitrogens with zero attached hydrogens (tertiary/aromatic N) is 1. The van der Waals surface area contributed by atoms with Crippen LogP contribution in [-0.2, 0) is 27.8 Å². The number of carbonyl (C=O) groups excluding carboxylic acids is 1. The minimum Gasteiger partial charge on any atom is -0.496 e. The van der Waals surface area contributed by atoms with Crippen LogP contribution in [0.3, 0.4) is 0 Å². The van der Waals surface area contributed by atoms with Gasteiger partial charge in [0.2, 0.25) is 5.91 Å². The second-order valence-corrected chi connectivity index (χ2v) is 11.7. The third-order valence-corrected chi connectivity index (χ3v) is 7.92. The van der Waals surface area contributed by atoms with Crippen molar-refractivity contribution in [3.8, 4) is 11.5 Å². The molecule has 0 unspecified atom stereocenters. The number of benzene rings is 2. The molecule has 1 N–H and O–H groups in total. The zero-order valence-corrected chi connectivity index (χ0v) is 22.6. The van der Waals surface area contributed by atoms with Gasteiger partial charge >= 0.3 is 10.1 Å². The SMILES string of the molecule is COc1ccccc1C=CC(=O)NC1CCC(CCN2CCc3ccc(OS(C)(=O)=O)cc3CC2)CC1. The van der Waals surface area contributed by atoms with Crippen molar-refractivity contribution < 1.29 is 22.1 Å². The molecule has 2 aromatic rings. The number of fused-ring (bicyclic) bond motifs is 1. The maximum Gasteiger partial charge on any atom is 0.306 e. The van der Waals surface area contributed by atoms with Gasteiger partial charge < -0.3 is 19.1 Å². The Hall–Kier alpha value is -2.84. The van der Waals surface area contributed by atoms with Crippen molar-refractivity contribution in [3.63, 3.8) is 0 Å². The highest BCUT2D eigenvalue weighted by Crippen LogP contribution is 2.28. The number of hydrogen-bond acceptors (Lipinski definition) is 6. The van der Waals surface area contributed by atoms with Gasteiger partial charge in [0, 0.05) is 30.8 Å². The number of carbonyl (C=O) groups is 1. The monoisotopic (exact) mass is 526 g/mol. The average Bonchev–Trinajstić information content (AvgIpc) is 3.08. The quantitative estimate of drug-likeness (QED) is 0.389. The zero-order valence-electron chi connectivity index (χ0n) is 21.8. The first-order valence-electron chi connectivity index (χ1n) is 13.1. The van der Waals surface area contributed by atoms with E-state index in [-0.39, 0.29) is 11.9 Å². The van der Waals surface area contributed by atoms with Gasteiger partial charge in [0.05, 0.1) is 13.4 Å². The highest BCUT2D eigenvalue weighted by molar-refractivity contribution is 7.86. The summed E-state index contributed by atoms with van der Waals surface area (Å²) in [6, 6.07) is 13.5. The van der Waals surface area contributed by atoms with E-state index < -0.39 is 10.1 Å². The van der Waals surface area contributed by atoms with Gasteiger partial charge in [-0.15, -0.1) is 0 Å². The summed E-state index contributed by atoms with van der Waals surface area (Å²) in [5.74, 6) is 1.79. The number of amides is 1. The molecule has 0 spiro atoms. The van der Waals surface area contributed by atoms with E-state index in [9.17, 15) is 13.2 Å². The normalized spacial score (nSPS) is 20.7. The van der Waals surface area contributed by atoms with Gasteiger partial charge in [-0.3, -0.25) is 4.79 Å². The maximum absolute atomic E-state index is 12.4. The van der Waals surface area contributed by atoms with Crippen LogP contribution in [0.5, 0.6) is 11.5 Å². The highest BCUT2D eigenvalue weighted by atomic mass is 32.2. The number of hydrogen-bond donors (Lipinski definition) is 1. The Labute approximate surface area is 221 Å². The summed E-state index contributed by atoms with van der Waals surface area (Å²) in [5, 5.41) is 3.16. The second-order valence-electron chi connectivity index (χ2n) is 10.1. The van der Waals surface area contributed by atoms with Gasteiger partial charge in [0.25, 0.3) is 0 Å². The largest absolute Gasteiger partial charge is 0.496 e. The van der Waals surface area contributed by atoms with Gasteiger partial charge in [-0.2, -0.15) is 8.42 Å². The number of nitrogens with one attached hydrogen (secondary N) is 1. The molecule has 1 aliphatic carbocycles. The Morgan fingerprint density at radius 1 is 1.05 bits per heavy atom. The molecule has 0 atom stereocenters. The molecular formula is C29H38N2O5S. The predicted molar refractivity (Wildman–Crippen MR) is 146 cm³/mol. The third kappa shape index (κ3) is 8.33. The van der Waals surface area contributed by atoms with Crippen molar-refractivity contribution in [2.24, 2.45) is 5.92 Å². The number of para-hydroxylation sites is 1. The van der Waals surface area contributed by atoms with Crippen LogP contribution < -0.4 is 14.2 Å². The molecule has 1 saturated carbocycles. The number of ether oxygens (including phenoxy) is 1. The summed E-state index contributed by atoms with van der Waals surface area (Å²) < 4.78 is 33.3. The van der Waals surface area contributed by atoms with Crippen LogP contribution in [0.4, 0.5) is 0 Å². The molecule has 7 nitrogen and oxygen atoms in total. The van der Waals surface area contributed by atoms with Crippen molar-refractivity contribution >= 4 is 22.1 Å². The average molecular weight is 527 g/mol. The lowest BCUT2D eigenvalue weighted by atomic mass is 9.84. The standard InChI is InChI=1S/C29H38N2O5S/c1-35-28-6-4-3-5-24(28)10-14-29(32)30-26-11-7-22(8-12-26)15-18-31-19-16-23-9-13-27(36-37(2,33)34)21-25(23)17-20-31/h3-6,9-10,13-14,21-22,26H,7-8,11-12,15-20H2,1-2H3,(H,30,32). The smallest absolute Gasteiger partial charge is 0.306 e. The Morgan fingerprint density at radius 2 is 1.78 bits per heavy atom. The van der Waals surface area contributed by atoms with Crippen molar-refractivity contribution in [3.05, 3.63) is 65.2 Å². The van der Waals surface area contributed by atoms with E-state index in [1.165, 1.54) is 17.5 Å². The molecule has 0 radical (unpaired) electrons.